The van der Waals surface area contributed by atoms with Gasteiger partial charge >= 0.3 is 0 Å². The van der Waals surface area contributed by atoms with Gasteiger partial charge in [0.1, 0.15) is 11.9 Å². The number of aromatic nitrogens is 1. The van der Waals surface area contributed by atoms with E-state index < -0.39 is 11.9 Å². The van der Waals surface area contributed by atoms with Crippen LogP contribution in [0.4, 0.5) is 10.2 Å². The monoisotopic (exact) mass is 420 g/mol. The number of anilines is 1. The zero-order valence-corrected chi connectivity index (χ0v) is 15.3. The molecule has 1 N–H and O–H groups in total. The van der Waals surface area contributed by atoms with Crippen molar-refractivity contribution in [3.05, 3.63) is 50.3 Å². The van der Waals surface area contributed by atoms with Gasteiger partial charge in [0, 0.05) is 28.2 Å². The molecule has 0 radical (unpaired) electrons. The van der Waals surface area contributed by atoms with Gasteiger partial charge in [0.25, 0.3) is 0 Å². The van der Waals surface area contributed by atoms with Crippen LogP contribution in [-0.4, -0.2) is 10.9 Å². The number of benzene rings is 1. The second kappa shape index (κ2) is 7.47. The van der Waals surface area contributed by atoms with Crippen LogP contribution in [0.1, 0.15) is 25.5 Å². The van der Waals surface area contributed by atoms with E-state index in [1.165, 1.54) is 25.3 Å². The minimum atomic E-state index is -0.658. The van der Waals surface area contributed by atoms with Crippen LogP contribution in [0.2, 0.25) is 10.0 Å². The van der Waals surface area contributed by atoms with Crippen molar-refractivity contribution in [2.75, 3.05) is 5.32 Å². The summed E-state index contributed by atoms with van der Waals surface area (Å²) in [4.78, 5) is 15.3. The average Bonchev–Trinajstić information content (AvgIpc) is 2.46. The Balaban J connectivity index is 2.37. The average molecular weight is 422 g/mol. The molecule has 4 nitrogen and oxygen atoms in total. The molecular weight excluding hydrogens is 410 g/mol. The summed E-state index contributed by atoms with van der Waals surface area (Å²) in [6.07, 6.45) is 0.861. The van der Waals surface area contributed by atoms with Crippen molar-refractivity contribution in [1.82, 2.24) is 4.98 Å². The first-order valence-corrected chi connectivity index (χ1v) is 8.07. The van der Waals surface area contributed by atoms with E-state index in [9.17, 15) is 9.18 Å². The number of nitrogens with one attached hydrogen (secondary N) is 1. The van der Waals surface area contributed by atoms with Crippen LogP contribution in [0.25, 0.3) is 0 Å². The van der Waals surface area contributed by atoms with Gasteiger partial charge in [-0.15, -0.1) is 0 Å². The van der Waals surface area contributed by atoms with Crippen molar-refractivity contribution in [3.63, 3.8) is 0 Å². The number of halogens is 4. The maximum Gasteiger partial charge on any atom is 0.222 e. The highest BCUT2D eigenvalue weighted by Gasteiger charge is 2.20. The molecule has 1 amide bonds. The van der Waals surface area contributed by atoms with E-state index in [1.54, 1.807) is 13.0 Å². The zero-order chi connectivity index (χ0) is 17.1. The van der Waals surface area contributed by atoms with Gasteiger partial charge < -0.3 is 10.1 Å². The number of amides is 1. The summed E-state index contributed by atoms with van der Waals surface area (Å²) in [6, 6.07) is 4.23. The quantitative estimate of drug-likeness (QED) is 0.673. The molecule has 1 aromatic carbocycles. The standard InChI is InChI=1S/C15H12BrCl2FN2O2/c1-7(13-10(17)3-4-11(19)14(13)18)23-12-5-9(16)6-20-15(12)21-8(2)22/h3-7H,1-2H3,(H,20,21,22). The smallest absolute Gasteiger partial charge is 0.222 e. The van der Waals surface area contributed by atoms with E-state index in [0.29, 0.717) is 15.8 Å². The molecule has 0 spiro atoms. The number of carbonyl (C=O) groups is 1. The van der Waals surface area contributed by atoms with E-state index in [0.717, 1.165) is 0 Å². The topological polar surface area (TPSA) is 51.2 Å². The fourth-order valence-electron chi connectivity index (χ4n) is 1.94. The lowest BCUT2D eigenvalue weighted by Crippen LogP contribution is -2.12. The predicted molar refractivity (Wildman–Crippen MR) is 91.7 cm³/mol. The molecular formula is C15H12BrCl2FN2O2. The van der Waals surface area contributed by atoms with E-state index in [4.69, 9.17) is 27.9 Å². The van der Waals surface area contributed by atoms with Gasteiger partial charge in [-0.2, -0.15) is 0 Å². The lowest BCUT2D eigenvalue weighted by molar-refractivity contribution is -0.114. The fraction of sp³-hybridized carbons (Fsp3) is 0.200. The number of nitrogens with zero attached hydrogens (tertiary/aromatic N) is 1. The maximum atomic E-state index is 13.7. The second-order valence-corrected chi connectivity index (χ2v) is 6.40. The normalized spacial score (nSPS) is 11.9. The van der Waals surface area contributed by atoms with Crippen molar-refractivity contribution < 1.29 is 13.9 Å². The summed E-state index contributed by atoms with van der Waals surface area (Å²) >= 11 is 15.4. The van der Waals surface area contributed by atoms with E-state index in [1.807, 2.05) is 0 Å². The van der Waals surface area contributed by atoms with Gasteiger partial charge in [-0.3, -0.25) is 4.79 Å². The highest BCUT2D eigenvalue weighted by atomic mass is 79.9. The SMILES string of the molecule is CC(=O)Nc1ncc(Br)cc1OC(C)c1c(Cl)ccc(F)c1Cl. The van der Waals surface area contributed by atoms with Crippen molar-refractivity contribution in [2.45, 2.75) is 20.0 Å². The Hall–Kier alpha value is -1.37. The molecule has 1 aromatic heterocycles. The molecule has 0 bridgehead atoms. The maximum absolute atomic E-state index is 13.7. The Labute approximate surface area is 151 Å². The number of ether oxygens (including phenoxy) is 1. The molecule has 0 aliphatic carbocycles. The molecule has 0 saturated heterocycles. The van der Waals surface area contributed by atoms with Crippen LogP contribution in [0.5, 0.6) is 5.75 Å². The molecule has 1 atom stereocenters. The number of hydrogen-bond donors (Lipinski definition) is 1. The third-order valence-corrected chi connectivity index (χ3v) is 4.05. The van der Waals surface area contributed by atoms with Crippen LogP contribution in [0.15, 0.2) is 28.9 Å². The lowest BCUT2D eigenvalue weighted by atomic mass is 10.1. The summed E-state index contributed by atoms with van der Waals surface area (Å²) < 4.78 is 20.1. The Morgan fingerprint density at radius 1 is 1.43 bits per heavy atom. The number of pyridine rings is 1. The number of hydrogen-bond acceptors (Lipinski definition) is 3. The van der Waals surface area contributed by atoms with Gasteiger partial charge in [-0.25, -0.2) is 9.37 Å². The molecule has 2 aromatic rings. The Morgan fingerprint density at radius 2 is 2.13 bits per heavy atom. The summed E-state index contributed by atoms with van der Waals surface area (Å²) in [5.41, 5.74) is 0.321. The van der Waals surface area contributed by atoms with Gasteiger partial charge in [0.2, 0.25) is 5.91 Å². The number of rotatable bonds is 4. The van der Waals surface area contributed by atoms with Crippen molar-refractivity contribution >= 4 is 50.9 Å². The van der Waals surface area contributed by atoms with Crippen LogP contribution in [0.3, 0.4) is 0 Å². The van der Waals surface area contributed by atoms with Crippen LogP contribution >= 0.6 is 39.1 Å². The molecule has 1 unspecified atom stereocenters. The second-order valence-electron chi connectivity index (χ2n) is 4.70. The molecule has 122 valence electrons. The van der Waals surface area contributed by atoms with Crippen molar-refractivity contribution in [3.8, 4) is 5.75 Å². The minimum Gasteiger partial charge on any atom is -0.482 e. The van der Waals surface area contributed by atoms with Gasteiger partial charge in [-0.1, -0.05) is 23.2 Å². The predicted octanol–water partition coefficient (Wildman–Crippen LogP) is 5.39. The van der Waals surface area contributed by atoms with Gasteiger partial charge in [0.05, 0.1) is 5.02 Å². The Bertz CT molecular complexity index is 758. The summed E-state index contributed by atoms with van der Waals surface area (Å²) in [6.45, 7) is 3.03. The van der Waals surface area contributed by atoms with Crippen LogP contribution in [0, 0.1) is 5.82 Å². The van der Waals surface area contributed by atoms with Crippen LogP contribution < -0.4 is 10.1 Å². The third-order valence-electron chi connectivity index (χ3n) is 2.90. The zero-order valence-electron chi connectivity index (χ0n) is 12.2. The largest absolute Gasteiger partial charge is 0.482 e. The molecule has 2 rings (SSSR count). The van der Waals surface area contributed by atoms with E-state index >= 15 is 0 Å². The van der Waals surface area contributed by atoms with Gasteiger partial charge in [-0.05, 0) is 41.1 Å². The first-order valence-electron chi connectivity index (χ1n) is 6.52. The molecule has 1 heterocycles. The molecule has 0 saturated carbocycles. The molecule has 0 aliphatic heterocycles. The minimum absolute atomic E-state index is 0.103. The number of carbonyl (C=O) groups excluding carboxylic acids is 1. The molecule has 8 heteroatoms. The van der Waals surface area contributed by atoms with Crippen molar-refractivity contribution in [2.24, 2.45) is 0 Å². The Kier molecular flexibility index (Phi) is 5.84. The highest BCUT2D eigenvalue weighted by Crippen LogP contribution is 2.36. The third kappa shape index (κ3) is 4.34. The highest BCUT2D eigenvalue weighted by molar-refractivity contribution is 9.10. The van der Waals surface area contributed by atoms with Crippen molar-refractivity contribution in [1.29, 1.82) is 0 Å². The molecule has 0 fully saturated rings. The fourth-order valence-corrected chi connectivity index (χ4v) is 2.92. The van der Waals surface area contributed by atoms with E-state index in [-0.39, 0.29) is 21.8 Å². The van der Waals surface area contributed by atoms with E-state index in [2.05, 4.69) is 26.2 Å². The summed E-state index contributed by atoms with van der Waals surface area (Å²) in [5, 5.41) is 2.74. The molecule has 23 heavy (non-hydrogen) atoms. The first-order chi connectivity index (χ1) is 10.8. The lowest BCUT2D eigenvalue weighted by Gasteiger charge is -2.19. The molecule has 0 aliphatic rings. The Morgan fingerprint density at radius 3 is 2.78 bits per heavy atom. The summed E-state index contributed by atoms with van der Waals surface area (Å²) in [7, 11) is 0. The first kappa shape index (κ1) is 18.0. The summed E-state index contributed by atoms with van der Waals surface area (Å²) in [5.74, 6) is -0.329. The van der Waals surface area contributed by atoms with Crippen LogP contribution in [-0.2, 0) is 4.79 Å². The van der Waals surface area contributed by atoms with Gasteiger partial charge in [0.15, 0.2) is 11.6 Å².